The van der Waals surface area contributed by atoms with Gasteiger partial charge in [0.15, 0.2) is 16.7 Å². The molecule has 0 fully saturated rings. The number of thioether (sulfide) groups is 1. The summed E-state index contributed by atoms with van der Waals surface area (Å²) in [6.07, 6.45) is 0.395. The van der Waals surface area contributed by atoms with E-state index in [0.717, 1.165) is 22.6 Å². The molecule has 1 N–H and O–H groups in total. The average Bonchev–Trinajstić information content (AvgIpc) is 3.14. The number of H-pyrrole nitrogens is 1. The largest absolute Gasteiger partial charge is 0.454 e. The predicted octanol–water partition coefficient (Wildman–Crippen LogP) is 5.00. The van der Waals surface area contributed by atoms with Crippen LogP contribution in [0.15, 0.2) is 46.3 Å². The lowest BCUT2D eigenvalue weighted by Crippen LogP contribution is -2.16. The predicted molar refractivity (Wildman–Crippen MR) is 111 cm³/mol. The Morgan fingerprint density at radius 2 is 1.89 bits per heavy atom. The summed E-state index contributed by atoms with van der Waals surface area (Å²) in [4.78, 5) is 19.8. The maximum atomic E-state index is 12.4. The van der Waals surface area contributed by atoms with E-state index in [0.29, 0.717) is 38.6 Å². The van der Waals surface area contributed by atoms with Gasteiger partial charge in [0.2, 0.25) is 6.79 Å². The quantitative estimate of drug-likeness (QED) is 0.452. The minimum absolute atomic E-state index is 0.165. The Morgan fingerprint density at radius 1 is 1.14 bits per heavy atom. The number of nitrogens with zero attached hydrogens (tertiary/aromatic N) is 1. The number of rotatable bonds is 5. The summed E-state index contributed by atoms with van der Waals surface area (Å²) in [6, 6.07) is 11.1. The number of ether oxygens (including phenoxy) is 2. The molecule has 144 valence electrons. The first-order chi connectivity index (χ1) is 13.5. The highest BCUT2D eigenvalue weighted by molar-refractivity contribution is 7.98. The summed E-state index contributed by atoms with van der Waals surface area (Å²) >= 11 is 14.0. The first-order valence-corrected chi connectivity index (χ1v) is 10.3. The number of aromatic nitrogens is 2. The minimum Gasteiger partial charge on any atom is -0.454 e. The first-order valence-electron chi connectivity index (χ1n) is 8.55. The SMILES string of the molecule is Cc1c(Cc2c(Cl)cccc2Cl)nc(SCc2ccc3c(c2)OCO3)[nH]c1=O. The van der Waals surface area contributed by atoms with Crippen molar-refractivity contribution in [2.45, 2.75) is 24.3 Å². The van der Waals surface area contributed by atoms with Gasteiger partial charge in [-0.25, -0.2) is 4.98 Å². The molecule has 0 saturated heterocycles. The van der Waals surface area contributed by atoms with Crippen LogP contribution >= 0.6 is 35.0 Å². The Kier molecular flexibility index (Phi) is 5.53. The highest BCUT2D eigenvalue weighted by Gasteiger charge is 2.15. The van der Waals surface area contributed by atoms with Crippen molar-refractivity contribution >= 4 is 35.0 Å². The Hall–Kier alpha value is -2.15. The number of fused-ring (bicyclic) bond motifs is 1. The molecule has 0 spiro atoms. The molecule has 4 rings (SSSR count). The normalized spacial score (nSPS) is 12.4. The van der Waals surface area contributed by atoms with E-state index in [4.69, 9.17) is 32.7 Å². The van der Waals surface area contributed by atoms with E-state index in [1.165, 1.54) is 11.8 Å². The van der Waals surface area contributed by atoms with Gasteiger partial charge in [0.05, 0.1) is 5.69 Å². The van der Waals surface area contributed by atoms with Crippen LogP contribution in [-0.2, 0) is 12.2 Å². The van der Waals surface area contributed by atoms with E-state index in [1.54, 1.807) is 25.1 Å². The maximum absolute atomic E-state index is 12.4. The fourth-order valence-electron chi connectivity index (χ4n) is 2.85. The Bertz CT molecular complexity index is 1080. The van der Waals surface area contributed by atoms with Crippen LogP contribution in [0.4, 0.5) is 0 Å². The van der Waals surface area contributed by atoms with Gasteiger partial charge in [0.1, 0.15) is 0 Å². The van der Waals surface area contributed by atoms with E-state index in [2.05, 4.69) is 9.97 Å². The standard InChI is InChI=1S/C20H16Cl2N2O3S/c1-11-16(8-13-14(21)3-2-4-15(13)22)23-20(24-19(11)25)28-9-12-5-6-17-18(7-12)27-10-26-17/h2-7H,8-10H2,1H3,(H,23,24,25). The number of hydrogen-bond donors (Lipinski definition) is 1. The molecule has 0 saturated carbocycles. The molecule has 3 aromatic rings. The molecule has 1 aliphatic heterocycles. The van der Waals surface area contributed by atoms with Crippen LogP contribution in [0.5, 0.6) is 11.5 Å². The molecular formula is C20H16Cl2N2O3S. The zero-order valence-corrected chi connectivity index (χ0v) is 17.2. The third-order valence-electron chi connectivity index (χ3n) is 4.45. The molecule has 5 nitrogen and oxygen atoms in total. The summed E-state index contributed by atoms with van der Waals surface area (Å²) in [5.74, 6) is 2.11. The van der Waals surface area contributed by atoms with Crippen LogP contribution in [0.3, 0.4) is 0 Å². The molecular weight excluding hydrogens is 419 g/mol. The Balaban J connectivity index is 1.56. The molecule has 0 radical (unpaired) electrons. The summed E-state index contributed by atoms with van der Waals surface area (Å²) in [5, 5.41) is 1.67. The molecule has 0 aliphatic carbocycles. The van der Waals surface area contributed by atoms with E-state index >= 15 is 0 Å². The maximum Gasteiger partial charge on any atom is 0.254 e. The molecule has 0 bridgehead atoms. The number of nitrogens with one attached hydrogen (secondary N) is 1. The smallest absolute Gasteiger partial charge is 0.254 e. The summed E-state index contributed by atoms with van der Waals surface area (Å²) in [6.45, 7) is 1.99. The number of hydrogen-bond acceptors (Lipinski definition) is 5. The highest BCUT2D eigenvalue weighted by Crippen LogP contribution is 2.34. The van der Waals surface area contributed by atoms with Gasteiger partial charge in [-0.05, 0) is 42.3 Å². The lowest BCUT2D eigenvalue weighted by Gasteiger charge is -2.10. The summed E-state index contributed by atoms with van der Waals surface area (Å²) < 4.78 is 10.7. The van der Waals surface area contributed by atoms with Gasteiger partial charge in [-0.15, -0.1) is 0 Å². The Labute approximate surface area is 176 Å². The number of benzene rings is 2. The first kappa shape index (κ1) is 19.2. The molecule has 28 heavy (non-hydrogen) atoms. The molecule has 0 unspecified atom stereocenters. The monoisotopic (exact) mass is 434 g/mol. The molecule has 1 aromatic heterocycles. The van der Waals surface area contributed by atoms with Crippen molar-refractivity contribution in [2.24, 2.45) is 0 Å². The van der Waals surface area contributed by atoms with Crippen LogP contribution in [0.1, 0.15) is 22.4 Å². The lowest BCUT2D eigenvalue weighted by molar-refractivity contribution is 0.174. The second-order valence-corrected chi connectivity index (χ2v) is 8.07. The third kappa shape index (κ3) is 3.99. The van der Waals surface area contributed by atoms with E-state index in [9.17, 15) is 4.79 Å². The fourth-order valence-corrected chi connectivity index (χ4v) is 4.20. The molecule has 8 heteroatoms. The average molecular weight is 435 g/mol. The van der Waals surface area contributed by atoms with Crippen molar-refractivity contribution in [3.8, 4) is 11.5 Å². The third-order valence-corrected chi connectivity index (χ3v) is 6.10. The van der Waals surface area contributed by atoms with Crippen molar-refractivity contribution in [3.05, 3.63) is 79.2 Å². The topological polar surface area (TPSA) is 64.2 Å². The minimum atomic E-state index is -0.165. The van der Waals surface area contributed by atoms with Crippen molar-refractivity contribution in [1.82, 2.24) is 9.97 Å². The Morgan fingerprint density at radius 3 is 2.68 bits per heavy atom. The summed E-state index contributed by atoms with van der Waals surface area (Å²) in [7, 11) is 0. The van der Waals surface area contributed by atoms with Crippen LogP contribution < -0.4 is 15.0 Å². The van der Waals surface area contributed by atoms with E-state index < -0.39 is 0 Å². The van der Waals surface area contributed by atoms with Crippen LogP contribution in [0.2, 0.25) is 10.0 Å². The molecule has 2 aromatic carbocycles. The summed E-state index contributed by atoms with van der Waals surface area (Å²) in [5.41, 5.74) is 2.86. The van der Waals surface area contributed by atoms with E-state index in [1.807, 2.05) is 18.2 Å². The van der Waals surface area contributed by atoms with Gasteiger partial charge in [0.25, 0.3) is 5.56 Å². The van der Waals surface area contributed by atoms with Gasteiger partial charge >= 0.3 is 0 Å². The zero-order valence-electron chi connectivity index (χ0n) is 14.9. The van der Waals surface area contributed by atoms with Gasteiger partial charge in [-0.1, -0.05) is 47.1 Å². The van der Waals surface area contributed by atoms with E-state index in [-0.39, 0.29) is 12.4 Å². The second kappa shape index (κ2) is 8.07. The van der Waals surface area contributed by atoms with Crippen molar-refractivity contribution < 1.29 is 9.47 Å². The highest BCUT2D eigenvalue weighted by atomic mass is 35.5. The molecule has 1 aliphatic rings. The van der Waals surface area contributed by atoms with Crippen molar-refractivity contribution in [3.63, 3.8) is 0 Å². The van der Waals surface area contributed by atoms with Crippen LogP contribution in [0.25, 0.3) is 0 Å². The zero-order chi connectivity index (χ0) is 19.7. The van der Waals surface area contributed by atoms with Crippen molar-refractivity contribution in [2.75, 3.05) is 6.79 Å². The number of halogens is 2. The number of aromatic amines is 1. The second-order valence-electron chi connectivity index (χ2n) is 6.30. The van der Waals surface area contributed by atoms with Crippen LogP contribution in [0, 0.1) is 6.92 Å². The molecule has 2 heterocycles. The lowest BCUT2D eigenvalue weighted by atomic mass is 10.1. The van der Waals surface area contributed by atoms with Crippen LogP contribution in [-0.4, -0.2) is 16.8 Å². The fraction of sp³-hybridized carbons (Fsp3) is 0.200. The van der Waals surface area contributed by atoms with Gasteiger partial charge in [0, 0.05) is 27.8 Å². The van der Waals surface area contributed by atoms with Crippen molar-refractivity contribution in [1.29, 1.82) is 0 Å². The molecule has 0 amide bonds. The molecule has 0 atom stereocenters. The van der Waals surface area contributed by atoms with Gasteiger partial charge < -0.3 is 14.5 Å². The van der Waals surface area contributed by atoms with Gasteiger partial charge in [-0.3, -0.25) is 4.79 Å². The van der Waals surface area contributed by atoms with Gasteiger partial charge in [-0.2, -0.15) is 0 Å².